The Morgan fingerprint density at radius 1 is 1.07 bits per heavy atom. The summed E-state index contributed by atoms with van der Waals surface area (Å²) in [5.74, 6) is -0.0327. The minimum absolute atomic E-state index is 0.102. The average molecular weight is 388 g/mol. The summed E-state index contributed by atoms with van der Waals surface area (Å²) in [6.45, 7) is 4.55. The molecule has 0 aliphatic carbocycles. The molecular formula is C20H25N3O3S. The third-order valence-electron chi connectivity index (χ3n) is 4.68. The molecular weight excluding hydrogens is 362 g/mol. The van der Waals surface area contributed by atoms with Crippen LogP contribution in [-0.4, -0.2) is 44.4 Å². The zero-order chi connectivity index (χ0) is 19.6. The molecule has 0 radical (unpaired) electrons. The number of likely N-dealkylation sites (tertiary alicyclic amines) is 1. The molecule has 3 rings (SSSR count). The molecule has 1 aliphatic heterocycles. The molecule has 0 saturated carbocycles. The Morgan fingerprint density at radius 2 is 1.70 bits per heavy atom. The zero-order valence-corrected chi connectivity index (χ0v) is 16.3. The molecule has 27 heavy (non-hydrogen) atoms. The van der Waals surface area contributed by atoms with Crippen LogP contribution in [0.1, 0.15) is 35.7 Å². The largest absolute Gasteiger partial charge is 0.336 e. The lowest BCUT2D eigenvalue weighted by molar-refractivity contribution is 0.0789. The summed E-state index contributed by atoms with van der Waals surface area (Å²) < 4.78 is 26.9. The van der Waals surface area contributed by atoms with Crippen LogP contribution in [0.2, 0.25) is 0 Å². The lowest BCUT2D eigenvalue weighted by Gasteiger charge is -2.17. The molecule has 1 fully saturated rings. The van der Waals surface area contributed by atoms with Crippen LogP contribution in [-0.2, 0) is 10.0 Å². The van der Waals surface area contributed by atoms with Gasteiger partial charge >= 0.3 is 0 Å². The maximum absolute atomic E-state index is 12.8. The Hall–Kier alpha value is -2.22. The topological polar surface area (TPSA) is 92.5 Å². The fourth-order valence-electron chi connectivity index (χ4n) is 3.39. The Bertz CT molecular complexity index is 896. The van der Waals surface area contributed by atoms with Crippen LogP contribution >= 0.6 is 0 Å². The van der Waals surface area contributed by atoms with E-state index in [1.54, 1.807) is 30.9 Å². The highest BCUT2D eigenvalue weighted by Gasteiger charge is 2.34. The molecule has 3 N–H and O–H groups in total. The van der Waals surface area contributed by atoms with Crippen molar-refractivity contribution < 1.29 is 13.2 Å². The first-order chi connectivity index (χ1) is 12.8. The number of benzene rings is 2. The first kappa shape index (κ1) is 19.5. The molecule has 2 aromatic carbocycles. The number of hydrogen-bond donors (Lipinski definition) is 2. The fraction of sp³-hybridized carbons (Fsp3) is 0.350. The van der Waals surface area contributed by atoms with Gasteiger partial charge < -0.3 is 10.6 Å². The van der Waals surface area contributed by atoms with Gasteiger partial charge in [0.25, 0.3) is 5.91 Å². The van der Waals surface area contributed by atoms with Crippen LogP contribution in [0.3, 0.4) is 0 Å². The van der Waals surface area contributed by atoms with Crippen LogP contribution in [0.5, 0.6) is 0 Å². The van der Waals surface area contributed by atoms with Gasteiger partial charge in [0.2, 0.25) is 10.0 Å². The number of nitrogens with two attached hydrogens (primary N) is 1. The van der Waals surface area contributed by atoms with Crippen molar-refractivity contribution in [2.24, 2.45) is 5.73 Å². The highest BCUT2D eigenvalue weighted by atomic mass is 32.2. The lowest BCUT2D eigenvalue weighted by Crippen LogP contribution is -2.32. The van der Waals surface area contributed by atoms with Crippen molar-refractivity contribution in [3.05, 3.63) is 65.7 Å². The summed E-state index contributed by atoms with van der Waals surface area (Å²) in [6.07, 6.45) is 0. The molecule has 0 unspecified atom stereocenters. The molecule has 1 amide bonds. The number of hydrogen-bond acceptors (Lipinski definition) is 4. The summed E-state index contributed by atoms with van der Waals surface area (Å²) in [5.41, 5.74) is 7.85. The van der Waals surface area contributed by atoms with Crippen molar-refractivity contribution in [1.82, 2.24) is 9.62 Å². The molecule has 1 aliphatic rings. The van der Waals surface area contributed by atoms with E-state index in [-0.39, 0.29) is 28.8 Å². The summed E-state index contributed by atoms with van der Waals surface area (Å²) in [6, 6.07) is 15.7. The molecule has 0 bridgehead atoms. The van der Waals surface area contributed by atoms with E-state index in [0.717, 1.165) is 5.56 Å². The summed E-state index contributed by atoms with van der Waals surface area (Å²) in [5, 5.41) is 0. The van der Waals surface area contributed by atoms with Crippen molar-refractivity contribution in [2.75, 3.05) is 13.1 Å². The van der Waals surface area contributed by atoms with E-state index in [1.807, 2.05) is 30.3 Å². The first-order valence-corrected chi connectivity index (χ1v) is 10.5. The second-order valence-electron chi connectivity index (χ2n) is 7.19. The van der Waals surface area contributed by atoms with Gasteiger partial charge in [-0.25, -0.2) is 13.1 Å². The van der Waals surface area contributed by atoms with Crippen molar-refractivity contribution in [1.29, 1.82) is 0 Å². The quantitative estimate of drug-likeness (QED) is 0.820. The van der Waals surface area contributed by atoms with Gasteiger partial charge in [0.15, 0.2) is 0 Å². The van der Waals surface area contributed by atoms with Crippen molar-refractivity contribution in [2.45, 2.75) is 36.7 Å². The molecule has 7 heteroatoms. The van der Waals surface area contributed by atoms with Gasteiger partial charge in [-0.05, 0) is 43.7 Å². The van der Waals surface area contributed by atoms with E-state index >= 15 is 0 Å². The van der Waals surface area contributed by atoms with E-state index in [0.29, 0.717) is 18.7 Å². The zero-order valence-electron chi connectivity index (χ0n) is 15.5. The maximum atomic E-state index is 12.8. The molecule has 1 saturated heterocycles. The molecule has 2 aromatic rings. The van der Waals surface area contributed by atoms with Crippen molar-refractivity contribution in [3.63, 3.8) is 0 Å². The monoisotopic (exact) mass is 387 g/mol. The second kappa shape index (κ2) is 7.80. The molecule has 0 aromatic heterocycles. The minimum Gasteiger partial charge on any atom is -0.336 e. The average Bonchev–Trinajstić information content (AvgIpc) is 3.02. The van der Waals surface area contributed by atoms with E-state index in [1.165, 1.54) is 12.1 Å². The van der Waals surface area contributed by atoms with Gasteiger partial charge in [-0.15, -0.1) is 0 Å². The van der Waals surface area contributed by atoms with E-state index < -0.39 is 10.0 Å². The maximum Gasteiger partial charge on any atom is 0.253 e. The van der Waals surface area contributed by atoms with Crippen LogP contribution in [0.15, 0.2) is 59.5 Å². The number of nitrogens with one attached hydrogen (secondary N) is 1. The molecule has 2 atom stereocenters. The Labute approximate surface area is 160 Å². The van der Waals surface area contributed by atoms with Crippen LogP contribution < -0.4 is 10.5 Å². The van der Waals surface area contributed by atoms with Gasteiger partial charge in [-0.1, -0.05) is 30.3 Å². The minimum atomic E-state index is -3.57. The predicted molar refractivity (Wildman–Crippen MR) is 105 cm³/mol. The third-order valence-corrected chi connectivity index (χ3v) is 6.36. The standard InChI is InChI=1S/C20H25N3O3S/c1-14(2)22-27(25,26)17-10-8-16(9-11-17)20(24)23-12-18(19(21)13-23)15-6-4-3-5-7-15/h3-11,14,18-19,22H,12-13,21H2,1-2H3/t18-,19+/m0/s1. The number of rotatable bonds is 5. The third kappa shape index (κ3) is 4.37. The highest BCUT2D eigenvalue weighted by molar-refractivity contribution is 7.89. The molecule has 6 nitrogen and oxygen atoms in total. The van der Waals surface area contributed by atoms with Gasteiger partial charge in [0.05, 0.1) is 4.90 Å². The van der Waals surface area contributed by atoms with Gasteiger partial charge in [0.1, 0.15) is 0 Å². The summed E-state index contributed by atoms with van der Waals surface area (Å²) in [7, 11) is -3.57. The Kier molecular flexibility index (Phi) is 5.64. The number of amides is 1. The van der Waals surface area contributed by atoms with Crippen molar-refractivity contribution >= 4 is 15.9 Å². The molecule has 144 valence electrons. The normalized spacial score (nSPS) is 20.2. The molecule has 0 spiro atoms. The first-order valence-electron chi connectivity index (χ1n) is 9.00. The number of carbonyl (C=O) groups excluding carboxylic acids is 1. The van der Waals surface area contributed by atoms with E-state index in [2.05, 4.69) is 4.72 Å². The van der Waals surface area contributed by atoms with Gasteiger partial charge in [-0.3, -0.25) is 4.79 Å². The van der Waals surface area contributed by atoms with Crippen LogP contribution in [0, 0.1) is 0 Å². The van der Waals surface area contributed by atoms with Gasteiger partial charge in [-0.2, -0.15) is 0 Å². The summed E-state index contributed by atoms with van der Waals surface area (Å²) in [4.78, 5) is 14.7. The fourth-order valence-corrected chi connectivity index (χ4v) is 4.64. The van der Waals surface area contributed by atoms with E-state index in [4.69, 9.17) is 5.73 Å². The number of carbonyl (C=O) groups is 1. The number of sulfonamides is 1. The van der Waals surface area contributed by atoms with E-state index in [9.17, 15) is 13.2 Å². The predicted octanol–water partition coefficient (Wildman–Crippen LogP) is 1.94. The second-order valence-corrected chi connectivity index (χ2v) is 8.91. The smallest absolute Gasteiger partial charge is 0.253 e. The lowest BCUT2D eigenvalue weighted by atomic mass is 9.95. The van der Waals surface area contributed by atoms with Crippen LogP contribution in [0.25, 0.3) is 0 Å². The van der Waals surface area contributed by atoms with Crippen molar-refractivity contribution in [3.8, 4) is 0 Å². The highest BCUT2D eigenvalue weighted by Crippen LogP contribution is 2.27. The number of nitrogens with zero attached hydrogens (tertiary/aromatic N) is 1. The Balaban J connectivity index is 1.73. The molecule has 1 heterocycles. The summed E-state index contributed by atoms with van der Waals surface area (Å²) >= 11 is 0. The SMILES string of the molecule is CC(C)NS(=O)(=O)c1ccc(C(=O)N2C[C@@H](N)[C@H](c3ccccc3)C2)cc1. The van der Waals surface area contributed by atoms with Gasteiger partial charge in [0, 0.05) is 36.7 Å². The van der Waals surface area contributed by atoms with Crippen LogP contribution in [0.4, 0.5) is 0 Å². The Morgan fingerprint density at radius 3 is 2.30 bits per heavy atom.